The number of ether oxygens (including phenoxy) is 1. The van der Waals surface area contributed by atoms with Crippen LogP contribution in [0.1, 0.15) is 24.8 Å². The Morgan fingerprint density at radius 1 is 1.24 bits per heavy atom. The normalized spacial score (nSPS) is 23.5. The molecule has 0 bridgehead atoms. The van der Waals surface area contributed by atoms with Crippen LogP contribution in [0.15, 0.2) is 24.3 Å². The fraction of sp³-hybridized carbons (Fsp3) is 0.500. The van der Waals surface area contributed by atoms with E-state index in [1.54, 1.807) is 7.11 Å². The number of rotatable bonds is 6. The van der Waals surface area contributed by atoms with Crippen molar-refractivity contribution in [3.8, 4) is 5.75 Å². The van der Waals surface area contributed by atoms with Gasteiger partial charge in [-0.3, -0.25) is 9.59 Å². The number of benzene rings is 1. The van der Waals surface area contributed by atoms with Gasteiger partial charge in [0.05, 0.1) is 18.9 Å². The third kappa shape index (κ3) is 3.01. The minimum atomic E-state index is -0.853. The molecule has 1 amide bonds. The summed E-state index contributed by atoms with van der Waals surface area (Å²) in [6.07, 6.45) is 2.53. The van der Waals surface area contributed by atoms with Crippen molar-refractivity contribution < 1.29 is 19.4 Å². The lowest BCUT2D eigenvalue weighted by atomic mass is 10.2. The minimum absolute atomic E-state index is 0.000665. The zero-order chi connectivity index (χ0) is 15.0. The third-order valence-corrected chi connectivity index (χ3v) is 4.21. The van der Waals surface area contributed by atoms with Crippen LogP contribution in [-0.4, -0.2) is 35.0 Å². The second kappa shape index (κ2) is 5.39. The first-order chi connectivity index (χ1) is 10.1. The SMILES string of the molecule is COc1ccc(CN(C(=O)[C@@H]2C[C@H]2C(=O)O)C2CC2)cc1. The lowest BCUT2D eigenvalue weighted by molar-refractivity contribution is -0.142. The summed E-state index contributed by atoms with van der Waals surface area (Å²) in [5.41, 5.74) is 1.04. The Morgan fingerprint density at radius 2 is 1.90 bits per heavy atom. The molecule has 0 spiro atoms. The molecule has 0 radical (unpaired) electrons. The Balaban J connectivity index is 1.67. The molecule has 2 aliphatic carbocycles. The highest BCUT2D eigenvalue weighted by molar-refractivity contribution is 5.89. The topological polar surface area (TPSA) is 66.8 Å². The van der Waals surface area contributed by atoms with E-state index in [2.05, 4.69) is 0 Å². The van der Waals surface area contributed by atoms with Gasteiger partial charge in [0, 0.05) is 12.6 Å². The summed E-state index contributed by atoms with van der Waals surface area (Å²) in [4.78, 5) is 25.3. The number of amides is 1. The Kier molecular flexibility index (Phi) is 3.57. The first-order valence-electron chi connectivity index (χ1n) is 7.26. The quantitative estimate of drug-likeness (QED) is 0.868. The Hall–Kier alpha value is -2.04. The van der Waals surface area contributed by atoms with E-state index in [0.29, 0.717) is 13.0 Å². The number of methoxy groups -OCH3 is 1. The number of nitrogens with zero attached hydrogens (tertiary/aromatic N) is 1. The number of hydrogen-bond donors (Lipinski definition) is 1. The average molecular weight is 289 g/mol. The summed E-state index contributed by atoms with van der Waals surface area (Å²) in [6.45, 7) is 0.552. The lowest BCUT2D eigenvalue weighted by Crippen LogP contribution is -2.34. The van der Waals surface area contributed by atoms with Gasteiger partial charge in [-0.25, -0.2) is 0 Å². The molecule has 2 aliphatic rings. The molecule has 0 aromatic heterocycles. The molecular formula is C16H19NO4. The smallest absolute Gasteiger partial charge is 0.307 e. The predicted octanol–water partition coefficient (Wildman–Crippen LogP) is 1.91. The highest BCUT2D eigenvalue weighted by Crippen LogP contribution is 2.42. The first kappa shape index (κ1) is 13.9. The van der Waals surface area contributed by atoms with Gasteiger partial charge in [0.2, 0.25) is 5.91 Å². The van der Waals surface area contributed by atoms with Gasteiger partial charge >= 0.3 is 5.97 Å². The molecule has 0 aliphatic heterocycles. The maximum Gasteiger partial charge on any atom is 0.307 e. The fourth-order valence-electron chi connectivity index (χ4n) is 2.65. The molecular weight excluding hydrogens is 270 g/mol. The van der Waals surface area contributed by atoms with Gasteiger partial charge in [-0.05, 0) is 37.0 Å². The molecule has 5 heteroatoms. The van der Waals surface area contributed by atoms with Crippen LogP contribution in [0.2, 0.25) is 0 Å². The zero-order valence-corrected chi connectivity index (χ0v) is 12.0. The van der Waals surface area contributed by atoms with Crippen molar-refractivity contribution in [2.45, 2.75) is 31.8 Å². The van der Waals surface area contributed by atoms with Gasteiger partial charge in [0.25, 0.3) is 0 Å². The van der Waals surface area contributed by atoms with E-state index >= 15 is 0 Å². The molecule has 5 nitrogen and oxygen atoms in total. The van der Waals surface area contributed by atoms with Crippen LogP contribution in [0.4, 0.5) is 0 Å². The van der Waals surface area contributed by atoms with Gasteiger partial charge in [-0.1, -0.05) is 12.1 Å². The maximum atomic E-state index is 12.5. The van der Waals surface area contributed by atoms with Crippen molar-refractivity contribution in [3.63, 3.8) is 0 Å². The summed E-state index contributed by atoms with van der Waals surface area (Å²) >= 11 is 0. The lowest BCUT2D eigenvalue weighted by Gasteiger charge is -2.23. The van der Waals surface area contributed by atoms with Crippen molar-refractivity contribution >= 4 is 11.9 Å². The second-order valence-corrected chi connectivity index (χ2v) is 5.83. The molecule has 112 valence electrons. The number of carboxylic acids is 1. The predicted molar refractivity (Wildman–Crippen MR) is 75.8 cm³/mol. The van der Waals surface area contributed by atoms with Crippen LogP contribution in [0.25, 0.3) is 0 Å². The van der Waals surface area contributed by atoms with Gasteiger partial charge in [0.15, 0.2) is 0 Å². The number of carboxylic acid groups (broad SMARTS) is 1. The summed E-state index contributed by atoms with van der Waals surface area (Å²) in [6, 6.07) is 7.94. The first-order valence-corrected chi connectivity index (χ1v) is 7.26. The minimum Gasteiger partial charge on any atom is -0.497 e. The van der Waals surface area contributed by atoms with Crippen LogP contribution in [-0.2, 0) is 16.1 Å². The number of carbonyl (C=O) groups is 2. The van der Waals surface area contributed by atoms with E-state index < -0.39 is 11.9 Å². The maximum absolute atomic E-state index is 12.5. The molecule has 0 unspecified atom stereocenters. The van der Waals surface area contributed by atoms with E-state index in [9.17, 15) is 9.59 Å². The number of carbonyl (C=O) groups excluding carboxylic acids is 1. The van der Waals surface area contributed by atoms with Crippen LogP contribution in [0.3, 0.4) is 0 Å². The third-order valence-electron chi connectivity index (χ3n) is 4.21. The van der Waals surface area contributed by atoms with Crippen molar-refractivity contribution in [3.05, 3.63) is 29.8 Å². The summed E-state index contributed by atoms with van der Waals surface area (Å²) in [7, 11) is 1.62. The standard InChI is InChI=1S/C16H19NO4/c1-21-12-6-2-10(3-7-12)9-17(11-4-5-11)15(18)13-8-14(13)16(19)20/h2-3,6-7,11,13-14H,4-5,8-9H2,1H3,(H,19,20)/t13-,14-/m1/s1. The molecule has 1 aromatic carbocycles. The highest BCUT2D eigenvalue weighted by atomic mass is 16.5. The van der Waals surface area contributed by atoms with E-state index in [4.69, 9.17) is 9.84 Å². The van der Waals surface area contributed by atoms with Crippen molar-refractivity contribution in [2.75, 3.05) is 7.11 Å². The van der Waals surface area contributed by atoms with Crippen LogP contribution in [0, 0.1) is 11.8 Å². The monoisotopic (exact) mass is 289 g/mol. The van der Waals surface area contributed by atoms with Gasteiger partial charge in [-0.15, -0.1) is 0 Å². The van der Waals surface area contributed by atoms with Gasteiger partial charge in [-0.2, -0.15) is 0 Å². The van der Waals surface area contributed by atoms with Crippen LogP contribution >= 0.6 is 0 Å². The van der Waals surface area contributed by atoms with Crippen molar-refractivity contribution in [2.24, 2.45) is 11.8 Å². The van der Waals surface area contributed by atoms with Crippen LogP contribution < -0.4 is 4.74 Å². The summed E-state index contributed by atoms with van der Waals surface area (Å²) in [5, 5.41) is 8.97. The molecule has 1 aromatic rings. The van der Waals surface area contributed by atoms with E-state index in [-0.39, 0.29) is 17.9 Å². The number of hydrogen-bond acceptors (Lipinski definition) is 3. The molecule has 2 fully saturated rings. The van der Waals surface area contributed by atoms with Gasteiger partial charge in [0.1, 0.15) is 5.75 Å². The van der Waals surface area contributed by atoms with Crippen LogP contribution in [0.5, 0.6) is 5.75 Å². The molecule has 0 saturated heterocycles. The molecule has 3 rings (SSSR count). The fourth-order valence-corrected chi connectivity index (χ4v) is 2.65. The Bertz CT molecular complexity index is 550. The van der Waals surface area contributed by atoms with E-state index in [1.807, 2.05) is 29.2 Å². The Morgan fingerprint density at radius 3 is 2.38 bits per heavy atom. The van der Waals surface area contributed by atoms with E-state index in [0.717, 1.165) is 24.2 Å². The van der Waals surface area contributed by atoms with Gasteiger partial charge < -0.3 is 14.7 Å². The summed E-state index contributed by atoms with van der Waals surface area (Å²) in [5.74, 6) is -0.860. The van der Waals surface area contributed by atoms with Crippen molar-refractivity contribution in [1.82, 2.24) is 4.90 Å². The van der Waals surface area contributed by atoms with E-state index in [1.165, 1.54) is 0 Å². The molecule has 0 heterocycles. The highest BCUT2D eigenvalue weighted by Gasteiger charge is 2.51. The second-order valence-electron chi connectivity index (χ2n) is 5.83. The molecule has 1 N–H and O–H groups in total. The molecule has 2 saturated carbocycles. The molecule has 21 heavy (non-hydrogen) atoms. The zero-order valence-electron chi connectivity index (χ0n) is 12.0. The Labute approximate surface area is 123 Å². The molecule has 2 atom stereocenters. The summed E-state index contributed by atoms with van der Waals surface area (Å²) < 4.78 is 5.12. The largest absolute Gasteiger partial charge is 0.497 e. The average Bonchev–Trinajstić information content (AvgIpc) is 3.37. The van der Waals surface area contributed by atoms with Crippen molar-refractivity contribution in [1.29, 1.82) is 0 Å². The number of aliphatic carboxylic acids is 1.